The third-order valence-corrected chi connectivity index (χ3v) is 4.11. The average molecular weight is 333 g/mol. The van der Waals surface area contributed by atoms with Crippen molar-refractivity contribution in [1.29, 1.82) is 0 Å². The number of hydrogen-bond acceptors (Lipinski definition) is 1. The average Bonchev–Trinajstić information content (AvgIpc) is 2.40. The van der Waals surface area contributed by atoms with E-state index in [0.29, 0.717) is 12.8 Å². The zero-order valence-electron chi connectivity index (χ0n) is 11.3. The molecule has 0 aliphatic rings. The molecular weight excluding hydrogens is 316 g/mol. The first-order chi connectivity index (χ1) is 9.56. The summed E-state index contributed by atoms with van der Waals surface area (Å²) in [6.45, 7) is 2.02. The molecule has 3 heteroatoms. The van der Waals surface area contributed by atoms with Crippen molar-refractivity contribution in [1.82, 2.24) is 0 Å². The second-order valence-electron chi connectivity index (χ2n) is 5.02. The molecule has 2 aromatic rings. The maximum atomic E-state index is 11.5. The predicted octanol–water partition coefficient (Wildman–Crippen LogP) is 4.24. The number of aryl methyl sites for hydroxylation is 1. The van der Waals surface area contributed by atoms with Gasteiger partial charge < -0.3 is 5.11 Å². The lowest BCUT2D eigenvalue weighted by atomic mass is 9.92. The highest BCUT2D eigenvalue weighted by atomic mass is 79.9. The molecule has 0 aromatic heterocycles. The van der Waals surface area contributed by atoms with Crippen LogP contribution in [-0.4, -0.2) is 11.1 Å². The molecular formula is C17H17BrO2. The van der Waals surface area contributed by atoms with Gasteiger partial charge in [0.15, 0.2) is 0 Å². The first-order valence-electron chi connectivity index (χ1n) is 6.58. The number of carboxylic acid groups (broad SMARTS) is 1. The van der Waals surface area contributed by atoms with E-state index in [-0.39, 0.29) is 0 Å². The Morgan fingerprint density at radius 1 is 1.15 bits per heavy atom. The molecule has 0 radical (unpaired) electrons. The predicted molar refractivity (Wildman–Crippen MR) is 83.9 cm³/mol. The molecule has 0 saturated heterocycles. The van der Waals surface area contributed by atoms with Crippen molar-refractivity contribution in [3.05, 3.63) is 69.7 Å². The molecule has 0 amide bonds. The molecule has 20 heavy (non-hydrogen) atoms. The second kappa shape index (κ2) is 6.71. The molecule has 1 N–H and O–H groups in total. The van der Waals surface area contributed by atoms with Gasteiger partial charge in [-0.25, -0.2) is 0 Å². The lowest BCUT2D eigenvalue weighted by molar-refractivity contribution is -0.141. The van der Waals surface area contributed by atoms with E-state index in [1.165, 1.54) is 0 Å². The summed E-state index contributed by atoms with van der Waals surface area (Å²) < 4.78 is 0.968. The van der Waals surface area contributed by atoms with Crippen molar-refractivity contribution < 1.29 is 9.90 Å². The Balaban J connectivity index is 2.16. The SMILES string of the molecule is Cc1cccc(CC(Cc2ccccc2Br)C(=O)O)c1. The van der Waals surface area contributed by atoms with Crippen LogP contribution in [0.25, 0.3) is 0 Å². The van der Waals surface area contributed by atoms with E-state index in [1.807, 2.05) is 49.4 Å². The van der Waals surface area contributed by atoms with E-state index in [0.717, 1.165) is 21.2 Å². The van der Waals surface area contributed by atoms with Gasteiger partial charge in [0.25, 0.3) is 0 Å². The molecule has 0 aliphatic carbocycles. The standard InChI is InChI=1S/C17H17BrO2/c1-12-5-4-6-13(9-12)10-15(17(19)20)11-14-7-2-3-8-16(14)18/h2-9,15H,10-11H2,1H3,(H,19,20). The number of carboxylic acids is 1. The van der Waals surface area contributed by atoms with E-state index in [1.54, 1.807) is 0 Å². The van der Waals surface area contributed by atoms with Crippen molar-refractivity contribution in [2.24, 2.45) is 5.92 Å². The van der Waals surface area contributed by atoms with Gasteiger partial charge in [-0.15, -0.1) is 0 Å². The maximum absolute atomic E-state index is 11.5. The van der Waals surface area contributed by atoms with Crippen molar-refractivity contribution in [3.8, 4) is 0 Å². The van der Waals surface area contributed by atoms with Gasteiger partial charge in [-0.1, -0.05) is 64.0 Å². The second-order valence-corrected chi connectivity index (χ2v) is 5.88. The smallest absolute Gasteiger partial charge is 0.307 e. The number of aliphatic carboxylic acids is 1. The molecule has 2 aromatic carbocycles. The minimum Gasteiger partial charge on any atom is -0.481 e. The van der Waals surface area contributed by atoms with E-state index < -0.39 is 11.9 Å². The van der Waals surface area contributed by atoms with Gasteiger partial charge in [0, 0.05) is 4.47 Å². The quantitative estimate of drug-likeness (QED) is 0.888. The number of hydrogen-bond donors (Lipinski definition) is 1. The first kappa shape index (κ1) is 14.8. The molecule has 0 spiro atoms. The molecule has 0 bridgehead atoms. The Labute approximate surface area is 127 Å². The Hall–Kier alpha value is -1.61. The van der Waals surface area contributed by atoms with Gasteiger partial charge in [-0.3, -0.25) is 4.79 Å². The van der Waals surface area contributed by atoms with E-state index in [4.69, 9.17) is 0 Å². The van der Waals surface area contributed by atoms with Crippen LogP contribution in [0.5, 0.6) is 0 Å². The van der Waals surface area contributed by atoms with Gasteiger partial charge >= 0.3 is 5.97 Å². The summed E-state index contributed by atoms with van der Waals surface area (Å²) in [7, 11) is 0. The summed E-state index contributed by atoms with van der Waals surface area (Å²) in [6, 6.07) is 15.8. The van der Waals surface area contributed by atoms with Crippen molar-refractivity contribution in [2.45, 2.75) is 19.8 Å². The van der Waals surface area contributed by atoms with Crippen LogP contribution in [0.1, 0.15) is 16.7 Å². The molecule has 2 rings (SSSR count). The first-order valence-corrected chi connectivity index (χ1v) is 7.37. The summed E-state index contributed by atoms with van der Waals surface area (Å²) in [4.78, 5) is 11.5. The molecule has 0 saturated carbocycles. The van der Waals surface area contributed by atoms with Gasteiger partial charge in [0.05, 0.1) is 5.92 Å². The zero-order chi connectivity index (χ0) is 14.5. The highest BCUT2D eigenvalue weighted by Gasteiger charge is 2.19. The lowest BCUT2D eigenvalue weighted by Crippen LogP contribution is -2.19. The summed E-state index contributed by atoms with van der Waals surface area (Å²) in [5.41, 5.74) is 3.27. The molecule has 0 fully saturated rings. The third kappa shape index (κ3) is 3.94. The number of rotatable bonds is 5. The third-order valence-electron chi connectivity index (χ3n) is 3.34. The Bertz CT molecular complexity index is 607. The minimum absolute atomic E-state index is 0.407. The van der Waals surface area contributed by atoms with Crippen LogP contribution >= 0.6 is 15.9 Å². The van der Waals surface area contributed by atoms with E-state index in [9.17, 15) is 9.90 Å². The van der Waals surface area contributed by atoms with Crippen molar-refractivity contribution in [3.63, 3.8) is 0 Å². The van der Waals surface area contributed by atoms with E-state index in [2.05, 4.69) is 22.0 Å². The summed E-state index contributed by atoms with van der Waals surface area (Å²) >= 11 is 3.48. The van der Waals surface area contributed by atoms with Gasteiger partial charge in [-0.2, -0.15) is 0 Å². The monoisotopic (exact) mass is 332 g/mol. The summed E-state index contributed by atoms with van der Waals surface area (Å²) in [5, 5.41) is 9.44. The zero-order valence-corrected chi connectivity index (χ0v) is 12.9. The van der Waals surface area contributed by atoms with Crippen LogP contribution < -0.4 is 0 Å². The molecule has 104 valence electrons. The van der Waals surface area contributed by atoms with Crippen molar-refractivity contribution >= 4 is 21.9 Å². The Morgan fingerprint density at radius 3 is 2.55 bits per heavy atom. The maximum Gasteiger partial charge on any atom is 0.307 e. The molecule has 1 unspecified atom stereocenters. The highest BCUT2D eigenvalue weighted by molar-refractivity contribution is 9.10. The van der Waals surface area contributed by atoms with Crippen LogP contribution in [0.2, 0.25) is 0 Å². The minimum atomic E-state index is -0.748. The van der Waals surface area contributed by atoms with Crippen LogP contribution in [0.15, 0.2) is 53.0 Å². The van der Waals surface area contributed by atoms with E-state index >= 15 is 0 Å². The Morgan fingerprint density at radius 2 is 1.90 bits per heavy atom. The van der Waals surface area contributed by atoms with Gasteiger partial charge in [0.1, 0.15) is 0 Å². The highest BCUT2D eigenvalue weighted by Crippen LogP contribution is 2.22. The van der Waals surface area contributed by atoms with Crippen molar-refractivity contribution in [2.75, 3.05) is 0 Å². The fraction of sp³-hybridized carbons (Fsp3) is 0.235. The summed E-state index contributed by atoms with van der Waals surface area (Å²) in [6.07, 6.45) is 1.09. The number of carbonyl (C=O) groups is 1. The summed E-state index contributed by atoms with van der Waals surface area (Å²) in [5.74, 6) is -1.15. The van der Waals surface area contributed by atoms with Gasteiger partial charge in [0.2, 0.25) is 0 Å². The van der Waals surface area contributed by atoms with Crippen LogP contribution in [0.4, 0.5) is 0 Å². The molecule has 0 aliphatic heterocycles. The number of halogens is 1. The fourth-order valence-corrected chi connectivity index (χ4v) is 2.75. The molecule has 2 nitrogen and oxygen atoms in total. The molecule has 1 atom stereocenters. The largest absolute Gasteiger partial charge is 0.481 e. The molecule has 0 heterocycles. The fourth-order valence-electron chi connectivity index (χ4n) is 2.30. The number of benzene rings is 2. The lowest BCUT2D eigenvalue weighted by Gasteiger charge is -2.14. The van der Waals surface area contributed by atoms with Crippen LogP contribution in [-0.2, 0) is 17.6 Å². The Kier molecular flexibility index (Phi) is 4.96. The van der Waals surface area contributed by atoms with Crippen LogP contribution in [0.3, 0.4) is 0 Å². The van der Waals surface area contributed by atoms with Gasteiger partial charge in [-0.05, 0) is 37.0 Å². The normalized spacial score (nSPS) is 12.1. The van der Waals surface area contributed by atoms with Crippen LogP contribution in [0, 0.1) is 12.8 Å². The topological polar surface area (TPSA) is 37.3 Å².